The Morgan fingerprint density at radius 1 is 1.05 bits per heavy atom. The molecule has 1 aliphatic rings. The van der Waals surface area contributed by atoms with E-state index in [-0.39, 0.29) is 18.2 Å². The van der Waals surface area contributed by atoms with Gasteiger partial charge in [0.15, 0.2) is 5.76 Å². The van der Waals surface area contributed by atoms with Crippen LogP contribution in [0, 0.1) is 0 Å². The number of aromatic nitrogens is 6. The van der Waals surface area contributed by atoms with Crippen molar-refractivity contribution in [2.75, 3.05) is 18.9 Å². The zero-order valence-corrected chi connectivity index (χ0v) is 20.2. The van der Waals surface area contributed by atoms with E-state index in [0.717, 1.165) is 11.3 Å². The summed E-state index contributed by atoms with van der Waals surface area (Å²) in [5.74, 6) is 0.160. The number of anilines is 1. The minimum atomic E-state index is -1.71. The van der Waals surface area contributed by atoms with Gasteiger partial charge in [0.25, 0.3) is 5.91 Å². The highest BCUT2D eigenvalue weighted by Gasteiger charge is 2.48. The third-order valence-electron chi connectivity index (χ3n) is 6.59. The second kappa shape index (κ2) is 8.79. The van der Waals surface area contributed by atoms with Crippen LogP contribution in [0.15, 0.2) is 71.6 Å². The lowest BCUT2D eigenvalue weighted by molar-refractivity contribution is -0.144. The normalized spacial score (nSPS) is 18.5. The first kappa shape index (κ1) is 22.8. The summed E-state index contributed by atoms with van der Waals surface area (Å²) in [7, 11) is 1.64. The van der Waals surface area contributed by atoms with Gasteiger partial charge in [-0.05, 0) is 37.3 Å². The Morgan fingerprint density at radius 2 is 1.86 bits per heavy atom. The van der Waals surface area contributed by atoms with Gasteiger partial charge < -0.3 is 24.2 Å². The van der Waals surface area contributed by atoms with Gasteiger partial charge in [0.05, 0.1) is 35.0 Å². The van der Waals surface area contributed by atoms with Gasteiger partial charge >= 0.3 is 0 Å². The molecule has 1 aliphatic heterocycles. The van der Waals surface area contributed by atoms with Crippen LogP contribution in [0.4, 0.5) is 5.95 Å². The van der Waals surface area contributed by atoms with Gasteiger partial charge in [0.1, 0.15) is 11.3 Å². The molecule has 0 saturated carbocycles. The number of carbonyl (C=O) groups excluding carboxylic acids is 1. The quantitative estimate of drug-likeness (QED) is 0.364. The van der Waals surface area contributed by atoms with Gasteiger partial charge in [-0.1, -0.05) is 17.3 Å². The zero-order valence-electron chi connectivity index (χ0n) is 20.2. The van der Waals surface area contributed by atoms with Crippen molar-refractivity contribution in [3.63, 3.8) is 0 Å². The number of imidazole rings is 1. The Balaban J connectivity index is 1.25. The van der Waals surface area contributed by atoms with Gasteiger partial charge in [-0.25, -0.2) is 19.9 Å². The third kappa shape index (κ3) is 3.99. The van der Waals surface area contributed by atoms with E-state index in [0.29, 0.717) is 35.3 Å². The molecule has 1 saturated heterocycles. The number of pyridine rings is 2. The van der Waals surface area contributed by atoms with Crippen LogP contribution in [-0.2, 0) is 10.4 Å². The molecule has 0 unspecified atom stereocenters. The second-order valence-electron chi connectivity index (χ2n) is 9.06. The van der Waals surface area contributed by atoms with Crippen LogP contribution >= 0.6 is 0 Å². The first-order valence-electron chi connectivity index (χ1n) is 11.9. The molecule has 6 heterocycles. The van der Waals surface area contributed by atoms with Crippen LogP contribution in [0.2, 0.25) is 0 Å². The minimum absolute atomic E-state index is 0.0939. The van der Waals surface area contributed by atoms with E-state index < -0.39 is 11.5 Å². The van der Waals surface area contributed by atoms with Crippen molar-refractivity contribution >= 4 is 17.5 Å². The molecule has 5 aromatic rings. The number of rotatable bonds is 6. The molecule has 0 bridgehead atoms. The molecule has 37 heavy (non-hydrogen) atoms. The summed E-state index contributed by atoms with van der Waals surface area (Å²) in [4.78, 5) is 32.0. The van der Waals surface area contributed by atoms with E-state index in [1.54, 1.807) is 31.4 Å². The molecule has 0 spiro atoms. The highest BCUT2D eigenvalue weighted by Crippen LogP contribution is 2.34. The molecule has 0 radical (unpaired) electrons. The number of likely N-dealkylation sites (N-methyl/N-ethyl adjacent to an activating group) is 1. The van der Waals surface area contributed by atoms with Crippen LogP contribution < -0.4 is 5.32 Å². The predicted octanol–water partition coefficient (Wildman–Crippen LogP) is 3.06. The lowest BCUT2D eigenvalue weighted by atomic mass is 9.98. The van der Waals surface area contributed by atoms with Crippen molar-refractivity contribution in [2.45, 2.75) is 25.0 Å². The number of fused-ring (bicyclic) bond motifs is 1. The Morgan fingerprint density at radius 3 is 2.68 bits per heavy atom. The van der Waals surface area contributed by atoms with Gasteiger partial charge in [0, 0.05) is 38.5 Å². The third-order valence-corrected chi connectivity index (χ3v) is 6.59. The standard InChI is InChI=1S/C26H24N8O3/c1-16(21-15-28-23-8-3-4-12-34(21)23)29-25-27-11-9-19(31-25)17-6-5-7-18(30-17)20-14-22(37-32-20)26(36)10-13-33(2)24(26)35/h3-9,11-12,14-16,36H,10,13H2,1-2H3,(H,27,29,31)/t16-,26+/m0/s1. The average molecular weight is 497 g/mol. The van der Waals surface area contributed by atoms with E-state index >= 15 is 0 Å². The highest BCUT2D eigenvalue weighted by molar-refractivity contribution is 5.87. The van der Waals surface area contributed by atoms with E-state index in [9.17, 15) is 9.90 Å². The summed E-state index contributed by atoms with van der Waals surface area (Å²) in [6, 6.07) is 14.6. The molecule has 2 N–H and O–H groups in total. The van der Waals surface area contributed by atoms with Crippen LogP contribution in [0.1, 0.15) is 30.8 Å². The molecule has 6 rings (SSSR count). The monoisotopic (exact) mass is 496 g/mol. The minimum Gasteiger partial charge on any atom is -0.373 e. The zero-order chi connectivity index (χ0) is 25.6. The molecule has 11 nitrogen and oxygen atoms in total. The number of likely N-dealkylation sites (tertiary alicyclic amines) is 1. The fraction of sp³-hybridized carbons (Fsp3) is 0.231. The largest absolute Gasteiger partial charge is 0.373 e. The molecule has 1 amide bonds. The first-order valence-corrected chi connectivity index (χ1v) is 11.9. The van der Waals surface area contributed by atoms with E-state index in [1.165, 1.54) is 4.90 Å². The maximum atomic E-state index is 12.4. The van der Waals surface area contributed by atoms with Crippen LogP contribution in [0.5, 0.6) is 0 Å². The van der Waals surface area contributed by atoms with Gasteiger partial charge in [-0.3, -0.25) is 4.79 Å². The summed E-state index contributed by atoms with van der Waals surface area (Å²) < 4.78 is 7.39. The van der Waals surface area contributed by atoms with E-state index in [4.69, 9.17) is 4.52 Å². The molecule has 11 heteroatoms. The fourth-order valence-corrected chi connectivity index (χ4v) is 4.50. The van der Waals surface area contributed by atoms with Crippen molar-refractivity contribution in [3.05, 3.63) is 78.6 Å². The Bertz CT molecular complexity index is 1610. The van der Waals surface area contributed by atoms with Gasteiger partial charge in [-0.15, -0.1) is 0 Å². The van der Waals surface area contributed by atoms with Crippen molar-refractivity contribution < 1.29 is 14.4 Å². The van der Waals surface area contributed by atoms with Crippen LogP contribution in [0.3, 0.4) is 0 Å². The number of nitrogens with one attached hydrogen (secondary N) is 1. The molecule has 0 aliphatic carbocycles. The number of carbonyl (C=O) groups is 1. The van der Waals surface area contributed by atoms with Gasteiger partial charge in [-0.2, -0.15) is 0 Å². The van der Waals surface area contributed by atoms with Crippen molar-refractivity contribution in [1.82, 2.24) is 34.4 Å². The molecular formula is C26H24N8O3. The summed E-state index contributed by atoms with van der Waals surface area (Å²) >= 11 is 0. The average Bonchev–Trinajstić information content (AvgIpc) is 3.65. The smallest absolute Gasteiger partial charge is 0.262 e. The van der Waals surface area contributed by atoms with E-state index in [2.05, 4.69) is 30.4 Å². The molecule has 1 fully saturated rings. The molecular weight excluding hydrogens is 472 g/mol. The number of nitrogens with zero attached hydrogens (tertiary/aromatic N) is 7. The topological polar surface area (TPSA) is 135 Å². The lowest BCUT2D eigenvalue weighted by Crippen LogP contribution is -2.35. The van der Waals surface area contributed by atoms with E-state index in [1.807, 2.05) is 54.0 Å². The first-order chi connectivity index (χ1) is 17.9. The van der Waals surface area contributed by atoms with Crippen LogP contribution in [0.25, 0.3) is 28.4 Å². The van der Waals surface area contributed by atoms with Crippen LogP contribution in [-0.4, -0.2) is 59.0 Å². The Labute approximate surface area is 211 Å². The number of hydrogen-bond acceptors (Lipinski definition) is 9. The second-order valence-corrected chi connectivity index (χ2v) is 9.06. The maximum absolute atomic E-state index is 12.4. The molecule has 0 aromatic carbocycles. The van der Waals surface area contributed by atoms with Crippen molar-refractivity contribution in [1.29, 1.82) is 0 Å². The van der Waals surface area contributed by atoms with Crippen molar-refractivity contribution in [2.24, 2.45) is 0 Å². The maximum Gasteiger partial charge on any atom is 0.262 e. The summed E-state index contributed by atoms with van der Waals surface area (Å²) in [5.41, 5.74) is 2.34. The summed E-state index contributed by atoms with van der Waals surface area (Å²) in [6.45, 7) is 2.47. The molecule has 2 atom stereocenters. The predicted molar refractivity (Wildman–Crippen MR) is 134 cm³/mol. The van der Waals surface area contributed by atoms with Gasteiger partial charge in [0.2, 0.25) is 11.5 Å². The summed E-state index contributed by atoms with van der Waals surface area (Å²) in [5, 5.41) is 18.2. The number of amides is 1. The molecule has 5 aromatic heterocycles. The molecule has 186 valence electrons. The SMILES string of the molecule is C[C@H](Nc1nccc(-c2cccc(-c3cc([C@]4(O)CCN(C)C4=O)on3)n2)n1)c1cnc2ccccn12. The number of aliphatic hydroxyl groups is 1. The number of hydrogen-bond donors (Lipinski definition) is 2. The van der Waals surface area contributed by atoms with Crippen molar-refractivity contribution in [3.8, 4) is 22.8 Å². The lowest BCUT2D eigenvalue weighted by Gasteiger charge is -2.16. The Kier molecular flexibility index (Phi) is 5.41. The highest BCUT2D eigenvalue weighted by atomic mass is 16.5. The Hall–Kier alpha value is -4.64. The summed E-state index contributed by atoms with van der Waals surface area (Å²) in [6.07, 6.45) is 5.72. The fourth-order valence-electron chi connectivity index (χ4n) is 4.50.